The molecule has 5 heteroatoms. The third-order valence-electron chi connectivity index (χ3n) is 3.28. The number of carbonyl (C=O) groups is 1. The molecule has 0 aliphatic heterocycles. The Morgan fingerprint density at radius 1 is 1.14 bits per heavy atom. The Bertz CT molecular complexity index is 791. The average molecular weight is 292 g/mol. The van der Waals surface area contributed by atoms with Crippen molar-refractivity contribution < 1.29 is 4.79 Å². The first-order valence-corrected chi connectivity index (χ1v) is 6.98. The maximum atomic E-state index is 12.3. The third kappa shape index (κ3) is 2.88. The molecular formula is C17H16N4O. The number of hydrogen-bond donors (Lipinski definition) is 1. The smallest absolute Gasteiger partial charge is 0.258 e. The molecule has 3 aromatic rings. The number of rotatable bonds is 3. The van der Waals surface area contributed by atoms with Gasteiger partial charge in [-0.2, -0.15) is 5.10 Å². The topological polar surface area (TPSA) is 59.8 Å². The van der Waals surface area contributed by atoms with Crippen LogP contribution in [0.15, 0.2) is 54.9 Å². The van der Waals surface area contributed by atoms with Crippen molar-refractivity contribution in [1.29, 1.82) is 0 Å². The molecule has 2 aromatic heterocycles. The van der Waals surface area contributed by atoms with Crippen molar-refractivity contribution >= 4 is 11.7 Å². The molecular weight excluding hydrogens is 276 g/mol. The van der Waals surface area contributed by atoms with E-state index < -0.39 is 0 Å². The van der Waals surface area contributed by atoms with Gasteiger partial charge in [0.2, 0.25) is 0 Å². The molecule has 0 atom stereocenters. The van der Waals surface area contributed by atoms with E-state index in [0.29, 0.717) is 11.4 Å². The van der Waals surface area contributed by atoms with Crippen molar-refractivity contribution in [3.63, 3.8) is 0 Å². The van der Waals surface area contributed by atoms with E-state index in [9.17, 15) is 4.79 Å². The summed E-state index contributed by atoms with van der Waals surface area (Å²) in [5.74, 6) is 0.427. The number of anilines is 1. The number of nitrogens with zero attached hydrogens (tertiary/aromatic N) is 3. The minimum absolute atomic E-state index is 0.207. The monoisotopic (exact) mass is 292 g/mol. The quantitative estimate of drug-likeness (QED) is 0.806. The van der Waals surface area contributed by atoms with Gasteiger partial charge in [-0.05, 0) is 38.1 Å². The van der Waals surface area contributed by atoms with Crippen LogP contribution in [-0.2, 0) is 0 Å². The summed E-state index contributed by atoms with van der Waals surface area (Å²) in [5, 5.41) is 7.33. The molecule has 0 saturated heterocycles. The van der Waals surface area contributed by atoms with Crippen molar-refractivity contribution in [2.24, 2.45) is 0 Å². The van der Waals surface area contributed by atoms with Gasteiger partial charge in [0.1, 0.15) is 5.82 Å². The number of hydrogen-bond acceptors (Lipinski definition) is 3. The molecule has 22 heavy (non-hydrogen) atoms. The van der Waals surface area contributed by atoms with Crippen molar-refractivity contribution in [2.75, 3.05) is 5.32 Å². The summed E-state index contributed by atoms with van der Waals surface area (Å²) in [4.78, 5) is 16.2. The molecule has 5 nitrogen and oxygen atoms in total. The summed E-state index contributed by atoms with van der Waals surface area (Å²) in [6, 6.07) is 13.3. The van der Waals surface area contributed by atoms with E-state index in [-0.39, 0.29) is 5.91 Å². The molecule has 0 aliphatic rings. The van der Waals surface area contributed by atoms with E-state index in [1.54, 1.807) is 23.0 Å². The van der Waals surface area contributed by atoms with Gasteiger partial charge < -0.3 is 5.32 Å². The summed E-state index contributed by atoms with van der Waals surface area (Å²) >= 11 is 0. The lowest BCUT2D eigenvalue weighted by Gasteiger charge is -2.09. The molecule has 0 radical (unpaired) electrons. The molecule has 110 valence electrons. The first kappa shape index (κ1) is 14.0. The Kier molecular flexibility index (Phi) is 3.70. The fraction of sp³-hybridized carbons (Fsp3) is 0.118. The normalized spacial score (nSPS) is 10.5. The van der Waals surface area contributed by atoms with Gasteiger partial charge in [-0.3, -0.25) is 9.78 Å². The lowest BCUT2D eigenvalue weighted by Crippen LogP contribution is -2.15. The Morgan fingerprint density at radius 3 is 2.59 bits per heavy atom. The van der Waals surface area contributed by atoms with Gasteiger partial charge in [0.05, 0.1) is 16.9 Å². The zero-order valence-corrected chi connectivity index (χ0v) is 12.4. The van der Waals surface area contributed by atoms with Crippen LogP contribution in [0.2, 0.25) is 0 Å². The minimum Gasteiger partial charge on any atom is -0.306 e. The second-order valence-electron chi connectivity index (χ2n) is 5.11. The van der Waals surface area contributed by atoms with Gasteiger partial charge in [-0.1, -0.05) is 17.7 Å². The standard InChI is InChI=1S/C17H16N4O/c1-12-5-7-15(8-6-12)21-16(10-13(2)20-21)19-17(22)14-4-3-9-18-11-14/h3-11H,1-2H3,(H,19,22). The van der Waals surface area contributed by atoms with Crippen LogP contribution in [0, 0.1) is 13.8 Å². The van der Waals surface area contributed by atoms with Crippen molar-refractivity contribution in [3.05, 3.63) is 71.7 Å². The molecule has 0 fully saturated rings. The summed E-state index contributed by atoms with van der Waals surface area (Å²) in [5.41, 5.74) is 3.42. The summed E-state index contributed by atoms with van der Waals surface area (Å²) in [6.45, 7) is 3.92. The van der Waals surface area contributed by atoms with E-state index in [1.165, 1.54) is 11.8 Å². The Morgan fingerprint density at radius 2 is 1.91 bits per heavy atom. The van der Waals surface area contributed by atoms with Crippen LogP contribution in [0.4, 0.5) is 5.82 Å². The summed E-state index contributed by atoms with van der Waals surface area (Å²) in [7, 11) is 0. The molecule has 0 saturated carbocycles. The largest absolute Gasteiger partial charge is 0.306 e. The predicted octanol–water partition coefficient (Wildman–Crippen LogP) is 3.14. The second-order valence-corrected chi connectivity index (χ2v) is 5.11. The Hall–Kier alpha value is -2.95. The minimum atomic E-state index is -0.207. The second kappa shape index (κ2) is 5.81. The van der Waals surface area contributed by atoms with E-state index in [4.69, 9.17) is 0 Å². The maximum Gasteiger partial charge on any atom is 0.258 e. The van der Waals surface area contributed by atoms with Gasteiger partial charge in [0.15, 0.2) is 0 Å². The van der Waals surface area contributed by atoms with Crippen LogP contribution in [0.1, 0.15) is 21.6 Å². The third-order valence-corrected chi connectivity index (χ3v) is 3.28. The highest BCUT2D eigenvalue weighted by Crippen LogP contribution is 2.18. The van der Waals surface area contributed by atoms with Gasteiger partial charge in [-0.15, -0.1) is 0 Å². The number of nitrogens with one attached hydrogen (secondary N) is 1. The number of benzene rings is 1. The molecule has 0 unspecified atom stereocenters. The molecule has 1 amide bonds. The SMILES string of the molecule is Cc1ccc(-n2nc(C)cc2NC(=O)c2cccnc2)cc1. The molecule has 0 aliphatic carbocycles. The van der Waals surface area contributed by atoms with Crippen LogP contribution in [0.3, 0.4) is 0 Å². The van der Waals surface area contributed by atoms with Gasteiger partial charge in [0.25, 0.3) is 5.91 Å². The van der Waals surface area contributed by atoms with Crippen LogP contribution >= 0.6 is 0 Å². The highest BCUT2D eigenvalue weighted by molar-refractivity contribution is 6.03. The van der Waals surface area contributed by atoms with E-state index in [2.05, 4.69) is 15.4 Å². The van der Waals surface area contributed by atoms with E-state index in [1.807, 2.05) is 44.2 Å². The number of amides is 1. The Labute approximate surface area is 128 Å². The molecule has 3 rings (SSSR count). The summed E-state index contributed by atoms with van der Waals surface area (Å²) in [6.07, 6.45) is 3.17. The van der Waals surface area contributed by atoms with Gasteiger partial charge in [0, 0.05) is 18.5 Å². The zero-order chi connectivity index (χ0) is 15.5. The van der Waals surface area contributed by atoms with Crippen LogP contribution < -0.4 is 5.32 Å². The van der Waals surface area contributed by atoms with Crippen molar-refractivity contribution in [1.82, 2.24) is 14.8 Å². The van der Waals surface area contributed by atoms with E-state index in [0.717, 1.165) is 11.4 Å². The molecule has 0 spiro atoms. The molecule has 1 aromatic carbocycles. The van der Waals surface area contributed by atoms with Crippen LogP contribution in [0.5, 0.6) is 0 Å². The summed E-state index contributed by atoms with van der Waals surface area (Å²) < 4.78 is 1.73. The van der Waals surface area contributed by atoms with E-state index >= 15 is 0 Å². The average Bonchev–Trinajstić information content (AvgIpc) is 2.89. The predicted molar refractivity (Wildman–Crippen MR) is 85.2 cm³/mol. The Balaban J connectivity index is 1.92. The number of carbonyl (C=O) groups excluding carboxylic acids is 1. The first-order chi connectivity index (χ1) is 10.6. The van der Waals surface area contributed by atoms with Crippen molar-refractivity contribution in [3.8, 4) is 5.69 Å². The fourth-order valence-electron chi connectivity index (χ4n) is 2.16. The highest BCUT2D eigenvalue weighted by Gasteiger charge is 2.12. The molecule has 1 N–H and O–H groups in total. The lowest BCUT2D eigenvalue weighted by molar-refractivity contribution is 0.102. The van der Waals surface area contributed by atoms with Crippen molar-refractivity contribution in [2.45, 2.75) is 13.8 Å². The zero-order valence-electron chi connectivity index (χ0n) is 12.4. The van der Waals surface area contributed by atoms with Crippen LogP contribution in [0.25, 0.3) is 5.69 Å². The number of pyridine rings is 1. The number of aromatic nitrogens is 3. The molecule has 0 bridgehead atoms. The fourth-order valence-corrected chi connectivity index (χ4v) is 2.16. The molecule has 2 heterocycles. The highest BCUT2D eigenvalue weighted by atomic mass is 16.1. The number of aryl methyl sites for hydroxylation is 2. The van der Waals surface area contributed by atoms with Crippen LogP contribution in [-0.4, -0.2) is 20.7 Å². The van der Waals surface area contributed by atoms with Gasteiger partial charge >= 0.3 is 0 Å². The maximum absolute atomic E-state index is 12.3. The first-order valence-electron chi connectivity index (χ1n) is 6.98. The van der Waals surface area contributed by atoms with Gasteiger partial charge in [-0.25, -0.2) is 4.68 Å². The lowest BCUT2D eigenvalue weighted by atomic mass is 10.2.